The average Bonchev–Trinajstić information content (AvgIpc) is 2.93. The number of nitrogens with zero attached hydrogens (tertiary/aromatic N) is 1. The molecule has 0 aliphatic rings. The van der Waals surface area contributed by atoms with Gasteiger partial charge in [-0.1, -0.05) is 18.5 Å². The molecular formula is C13H12ClF2N3O. The number of imidazole rings is 1. The van der Waals surface area contributed by atoms with E-state index >= 15 is 0 Å². The number of hydrogen-bond donors (Lipinski definition) is 2. The number of aromatic nitrogens is 2. The maximum absolute atomic E-state index is 13.6. The lowest BCUT2D eigenvalue weighted by atomic mass is 10.1. The number of carbonyl (C=O) groups is 1. The monoisotopic (exact) mass is 299 g/mol. The fraction of sp³-hybridized carbons (Fsp3) is 0.231. The Hall–Kier alpha value is -1.95. The molecule has 1 amide bonds. The highest BCUT2D eigenvalue weighted by molar-refractivity contribution is 6.30. The molecule has 4 nitrogen and oxygen atoms in total. The molecule has 1 heterocycles. The molecule has 2 aromatic rings. The smallest absolute Gasteiger partial charge is 0.254 e. The number of aromatic amines is 1. The van der Waals surface area contributed by atoms with Gasteiger partial charge in [-0.25, -0.2) is 13.8 Å². The molecule has 106 valence electrons. The van der Waals surface area contributed by atoms with Gasteiger partial charge in [0.15, 0.2) is 0 Å². The summed E-state index contributed by atoms with van der Waals surface area (Å²) in [5, 5.41) is 2.23. The average molecular weight is 300 g/mol. The highest BCUT2D eigenvalue weighted by Gasteiger charge is 2.20. The van der Waals surface area contributed by atoms with Gasteiger partial charge in [0.1, 0.15) is 17.5 Å². The van der Waals surface area contributed by atoms with Crippen LogP contribution in [0.4, 0.5) is 8.78 Å². The maximum atomic E-state index is 13.6. The zero-order chi connectivity index (χ0) is 14.7. The Morgan fingerprint density at radius 3 is 2.80 bits per heavy atom. The van der Waals surface area contributed by atoms with Crippen molar-refractivity contribution < 1.29 is 13.6 Å². The summed E-state index contributed by atoms with van der Waals surface area (Å²) >= 11 is 5.44. The summed E-state index contributed by atoms with van der Waals surface area (Å²) in [4.78, 5) is 18.9. The molecule has 2 rings (SSSR count). The predicted octanol–water partition coefficient (Wildman–Crippen LogP) is 3.22. The number of halogens is 3. The summed E-state index contributed by atoms with van der Waals surface area (Å²) in [6.45, 7) is 1.84. The molecule has 0 aliphatic carbocycles. The Morgan fingerprint density at radius 2 is 2.20 bits per heavy atom. The van der Waals surface area contributed by atoms with Gasteiger partial charge in [0.05, 0.1) is 16.6 Å². The number of rotatable bonds is 4. The van der Waals surface area contributed by atoms with Crippen LogP contribution in [0.15, 0.2) is 24.5 Å². The minimum atomic E-state index is -0.872. The van der Waals surface area contributed by atoms with Crippen LogP contribution >= 0.6 is 11.6 Å². The third kappa shape index (κ3) is 2.96. The Labute approximate surface area is 119 Å². The summed E-state index contributed by atoms with van der Waals surface area (Å²) < 4.78 is 27.0. The molecule has 0 bridgehead atoms. The summed E-state index contributed by atoms with van der Waals surface area (Å²) in [5.74, 6) is -1.88. The molecule has 1 atom stereocenters. The molecule has 0 fully saturated rings. The quantitative estimate of drug-likeness (QED) is 0.852. The van der Waals surface area contributed by atoms with Crippen molar-refractivity contribution >= 4 is 17.5 Å². The fourth-order valence-corrected chi connectivity index (χ4v) is 1.91. The summed E-state index contributed by atoms with van der Waals surface area (Å²) in [7, 11) is 0. The van der Waals surface area contributed by atoms with Gasteiger partial charge in [-0.2, -0.15) is 0 Å². The molecule has 0 saturated carbocycles. The van der Waals surface area contributed by atoms with E-state index in [1.165, 1.54) is 0 Å². The molecule has 0 spiro atoms. The number of benzene rings is 1. The minimum Gasteiger partial charge on any atom is -0.347 e. The van der Waals surface area contributed by atoms with Gasteiger partial charge in [0.2, 0.25) is 0 Å². The summed E-state index contributed by atoms with van der Waals surface area (Å²) in [5.41, 5.74) is -0.392. The molecule has 0 radical (unpaired) electrons. The lowest BCUT2D eigenvalue weighted by Crippen LogP contribution is -2.29. The number of H-pyrrole nitrogens is 1. The van der Waals surface area contributed by atoms with E-state index in [-0.39, 0.29) is 5.02 Å². The molecule has 1 unspecified atom stereocenters. The molecule has 20 heavy (non-hydrogen) atoms. The second-order valence-corrected chi connectivity index (χ2v) is 4.56. The molecular weight excluding hydrogens is 288 g/mol. The summed E-state index contributed by atoms with van der Waals surface area (Å²) in [6.07, 6.45) is 3.72. The van der Waals surface area contributed by atoms with Crippen molar-refractivity contribution in [1.82, 2.24) is 15.3 Å². The van der Waals surface area contributed by atoms with Crippen LogP contribution in [0.2, 0.25) is 5.02 Å². The molecule has 0 aliphatic heterocycles. The van der Waals surface area contributed by atoms with Crippen LogP contribution in [-0.4, -0.2) is 15.9 Å². The Morgan fingerprint density at radius 1 is 1.45 bits per heavy atom. The third-order valence-electron chi connectivity index (χ3n) is 2.82. The van der Waals surface area contributed by atoms with Gasteiger partial charge in [0, 0.05) is 12.4 Å². The number of hydrogen-bond acceptors (Lipinski definition) is 2. The first kappa shape index (κ1) is 14.5. The molecule has 7 heteroatoms. The van der Waals surface area contributed by atoms with Crippen molar-refractivity contribution in [2.45, 2.75) is 19.4 Å². The van der Waals surface area contributed by atoms with Crippen LogP contribution in [0.25, 0.3) is 0 Å². The van der Waals surface area contributed by atoms with E-state index in [0.29, 0.717) is 12.2 Å². The number of nitrogens with one attached hydrogen (secondary N) is 2. The van der Waals surface area contributed by atoms with Crippen LogP contribution in [0.1, 0.15) is 35.6 Å². The Bertz CT molecular complexity index is 616. The lowest BCUT2D eigenvalue weighted by Gasteiger charge is -2.15. The van der Waals surface area contributed by atoms with Gasteiger partial charge in [-0.15, -0.1) is 0 Å². The second-order valence-electron chi connectivity index (χ2n) is 4.15. The van der Waals surface area contributed by atoms with E-state index in [2.05, 4.69) is 15.3 Å². The largest absolute Gasteiger partial charge is 0.347 e. The van der Waals surface area contributed by atoms with E-state index in [1.807, 2.05) is 6.92 Å². The SMILES string of the molecule is CCC(NC(=O)c1cc(F)c(Cl)cc1F)c1ncc[nH]1. The van der Waals surface area contributed by atoms with Gasteiger partial charge in [0.25, 0.3) is 5.91 Å². The highest BCUT2D eigenvalue weighted by atomic mass is 35.5. The van der Waals surface area contributed by atoms with E-state index in [4.69, 9.17) is 11.6 Å². The van der Waals surface area contributed by atoms with Gasteiger partial charge >= 0.3 is 0 Å². The van der Waals surface area contributed by atoms with Crippen molar-refractivity contribution in [2.24, 2.45) is 0 Å². The van der Waals surface area contributed by atoms with Crippen LogP contribution < -0.4 is 5.32 Å². The zero-order valence-corrected chi connectivity index (χ0v) is 11.3. The standard InChI is InChI=1S/C13H12ClF2N3O/c1-2-11(12-17-3-4-18-12)19-13(20)7-5-10(16)8(14)6-9(7)15/h3-6,11H,2H2,1H3,(H,17,18)(H,19,20). The van der Waals surface area contributed by atoms with Gasteiger partial charge < -0.3 is 10.3 Å². The second kappa shape index (κ2) is 6.00. The van der Waals surface area contributed by atoms with Crippen molar-refractivity contribution in [3.8, 4) is 0 Å². The first-order chi connectivity index (χ1) is 9.52. The van der Waals surface area contributed by atoms with E-state index < -0.39 is 29.1 Å². The molecule has 1 aromatic heterocycles. The lowest BCUT2D eigenvalue weighted by molar-refractivity contribution is 0.0929. The highest BCUT2D eigenvalue weighted by Crippen LogP contribution is 2.20. The van der Waals surface area contributed by atoms with Gasteiger partial charge in [-0.05, 0) is 18.6 Å². The predicted molar refractivity (Wildman–Crippen MR) is 70.5 cm³/mol. The summed E-state index contributed by atoms with van der Waals surface area (Å²) in [6, 6.07) is 1.15. The Kier molecular flexibility index (Phi) is 4.34. The number of amides is 1. The minimum absolute atomic E-state index is 0.364. The van der Waals surface area contributed by atoms with Crippen LogP contribution in [0.3, 0.4) is 0 Å². The number of carbonyl (C=O) groups excluding carboxylic acids is 1. The first-order valence-electron chi connectivity index (χ1n) is 5.97. The van der Waals surface area contributed by atoms with Crippen molar-refractivity contribution in [2.75, 3.05) is 0 Å². The van der Waals surface area contributed by atoms with Crippen LogP contribution in [0.5, 0.6) is 0 Å². The van der Waals surface area contributed by atoms with Gasteiger partial charge in [-0.3, -0.25) is 4.79 Å². The van der Waals surface area contributed by atoms with Crippen LogP contribution in [-0.2, 0) is 0 Å². The fourth-order valence-electron chi connectivity index (χ4n) is 1.76. The third-order valence-corrected chi connectivity index (χ3v) is 3.11. The zero-order valence-electron chi connectivity index (χ0n) is 10.6. The van der Waals surface area contributed by atoms with E-state index in [1.54, 1.807) is 12.4 Å². The normalized spacial score (nSPS) is 12.2. The van der Waals surface area contributed by atoms with Crippen molar-refractivity contribution in [3.63, 3.8) is 0 Å². The molecule has 2 N–H and O–H groups in total. The molecule has 1 aromatic carbocycles. The topological polar surface area (TPSA) is 57.8 Å². The van der Waals surface area contributed by atoms with Crippen molar-refractivity contribution in [3.05, 3.63) is 52.6 Å². The van der Waals surface area contributed by atoms with E-state index in [9.17, 15) is 13.6 Å². The molecule has 0 saturated heterocycles. The van der Waals surface area contributed by atoms with Crippen molar-refractivity contribution in [1.29, 1.82) is 0 Å². The Balaban J connectivity index is 2.21. The van der Waals surface area contributed by atoms with Crippen LogP contribution in [0, 0.1) is 11.6 Å². The van der Waals surface area contributed by atoms with E-state index in [0.717, 1.165) is 12.1 Å². The maximum Gasteiger partial charge on any atom is 0.254 e. The first-order valence-corrected chi connectivity index (χ1v) is 6.35.